The number of hydrogen-bond acceptors (Lipinski definition) is 5. The Labute approximate surface area is 190 Å². The van der Waals surface area contributed by atoms with E-state index in [1.807, 2.05) is 18.2 Å². The predicted octanol–water partition coefficient (Wildman–Crippen LogP) is 5.21. The maximum Gasteiger partial charge on any atom is 0.271 e. The van der Waals surface area contributed by atoms with Gasteiger partial charge in [0.05, 0.1) is 13.7 Å². The lowest BCUT2D eigenvalue weighted by atomic mass is 9.93. The predicted molar refractivity (Wildman–Crippen MR) is 125 cm³/mol. The van der Waals surface area contributed by atoms with Crippen molar-refractivity contribution in [1.82, 2.24) is 4.90 Å². The van der Waals surface area contributed by atoms with Gasteiger partial charge in [-0.05, 0) is 42.7 Å². The third-order valence-electron chi connectivity index (χ3n) is 5.39. The van der Waals surface area contributed by atoms with Gasteiger partial charge in [-0.1, -0.05) is 51.2 Å². The van der Waals surface area contributed by atoms with Gasteiger partial charge in [-0.2, -0.15) is 5.26 Å². The lowest BCUT2D eigenvalue weighted by Gasteiger charge is -2.26. The van der Waals surface area contributed by atoms with E-state index in [0.29, 0.717) is 34.8 Å². The first kappa shape index (κ1) is 24.9. The van der Waals surface area contributed by atoms with Gasteiger partial charge in [0.1, 0.15) is 11.6 Å². The third kappa shape index (κ3) is 6.10. The lowest BCUT2D eigenvalue weighted by molar-refractivity contribution is -0.139. The normalized spacial score (nSPS) is 15.2. The Morgan fingerprint density at radius 2 is 1.81 bits per heavy atom. The molecule has 0 spiro atoms. The van der Waals surface area contributed by atoms with Crippen LogP contribution in [0.1, 0.15) is 57.9 Å². The van der Waals surface area contributed by atoms with Crippen molar-refractivity contribution in [2.75, 3.05) is 20.3 Å². The molecule has 32 heavy (non-hydrogen) atoms. The van der Waals surface area contributed by atoms with Crippen LogP contribution in [0.5, 0.6) is 11.5 Å². The highest BCUT2D eigenvalue weighted by atomic mass is 16.5. The summed E-state index contributed by atoms with van der Waals surface area (Å²) in [4.78, 5) is 26.3. The molecule has 1 heterocycles. The number of rotatable bonds is 12. The van der Waals surface area contributed by atoms with Crippen LogP contribution in [0, 0.1) is 11.3 Å². The van der Waals surface area contributed by atoms with Gasteiger partial charge in [-0.15, -0.1) is 6.58 Å². The molecule has 1 aliphatic heterocycles. The summed E-state index contributed by atoms with van der Waals surface area (Å²) in [7, 11) is 1.57. The number of carbonyl (C=O) groups excluding carboxylic acids is 2. The first-order chi connectivity index (χ1) is 15.5. The summed E-state index contributed by atoms with van der Waals surface area (Å²) in [5, 5.41) is 9.41. The van der Waals surface area contributed by atoms with Crippen LogP contribution in [0.15, 0.2) is 47.6 Å². The minimum atomic E-state index is -0.594. The first-order valence-corrected chi connectivity index (χ1v) is 11.1. The molecule has 0 bridgehead atoms. The Morgan fingerprint density at radius 3 is 2.47 bits per heavy atom. The highest BCUT2D eigenvalue weighted by Crippen LogP contribution is 2.32. The van der Waals surface area contributed by atoms with Crippen LogP contribution in [0.3, 0.4) is 0 Å². The maximum absolute atomic E-state index is 12.9. The van der Waals surface area contributed by atoms with E-state index < -0.39 is 11.8 Å². The van der Waals surface area contributed by atoms with Crippen LogP contribution < -0.4 is 9.47 Å². The summed E-state index contributed by atoms with van der Waals surface area (Å²) in [6.45, 7) is 8.07. The molecule has 170 valence electrons. The number of ether oxygens (including phenoxy) is 2. The SMILES string of the molecule is C=CCN1C(=O)C(C#N)=C(C)/C(=C\c2ccc(OCCCCCCCC)c(OC)c2)C1=O. The van der Waals surface area contributed by atoms with Crippen LogP contribution in [0.4, 0.5) is 0 Å². The number of methoxy groups -OCH3 is 1. The minimum Gasteiger partial charge on any atom is -0.493 e. The molecule has 0 aliphatic carbocycles. The second-order valence-corrected chi connectivity index (χ2v) is 7.71. The first-order valence-electron chi connectivity index (χ1n) is 11.1. The summed E-state index contributed by atoms with van der Waals surface area (Å²) in [6.07, 6.45) is 10.2. The standard InChI is InChI=1S/C26H32N2O4/c1-5-7-8-9-10-11-15-32-23-13-12-20(17-24(23)31-4)16-21-19(3)22(18-27)26(30)28(14-6-2)25(21)29/h6,12-13,16-17H,2,5,7-11,14-15H2,1,3-4H3/b21-16+. The van der Waals surface area contributed by atoms with Crippen LogP contribution in [-0.4, -0.2) is 37.0 Å². The Kier molecular flexibility index (Phi) is 9.75. The fourth-order valence-electron chi connectivity index (χ4n) is 3.55. The molecule has 0 aromatic heterocycles. The second kappa shape index (κ2) is 12.5. The van der Waals surface area contributed by atoms with Crippen LogP contribution in [0.2, 0.25) is 0 Å². The molecule has 0 N–H and O–H groups in total. The molecule has 2 amide bonds. The molecule has 1 aromatic carbocycles. The molecule has 0 saturated heterocycles. The average Bonchev–Trinajstić information content (AvgIpc) is 2.79. The number of unbranched alkanes of at least 4 members (excludes halogenated alkanes) is 5. The van der Waals surface area contributed by atoms with E-state index in [9.17, 15) is 14.9 Å². The van der Waals surface area contributed by atoms with Crippen molar-refractivity contribution in [2.45, 2.75) is 52.4 Å². The fourth-order valence-corrected chi connectivity index (χ4v) is 3.55. The number of benzene rings is 1. The Hall–Kier alpha value is -3.33. The van der Waals surface area contributed by atoms with Gasteiger partial charge in [0.25, 0.3) is 11.8 Å². The van der Waals surface area contributed by atoms with Crippen LogP contribution in [0.25, 0.3) is 6.08 Å². The quantitative estimate of drug-likeness (QED) is 0.194. The van der Waals surface area contributed by atoms with Gasteiger partial charge in [0, 0.05) is 12.1 Å². The van der Waals surface area contributed by atoms with E-state index in [0.717, 1.165) is 17.7 Å². The van der Waals surface area contributed by atoms with Gasteiger partial charge < -0.3 is 9.47 Å². The monoisotopic (exact) mass is 436 g/mol. The number of carbonyl (C=O) groups is 2. The zero-order valence-electron chi connectivity index (χ0n) is 19.3. The van der Waals surface area contributed by atoms with Crippen molar-refractivity contribution in [3.8, 4) is 17.6 Å². The van der Waals surface area contributed by atoms with Crippen molar-refractivity contribution in [1.29, 1.82) is 5.26 Å². The third-order valence-corrected chi connectivity index (χ3v) is 5.39. The smallest absolute Gasteiger partial charge is 0.271 e. The van der Waals surface area contributed by atoms with E-state index in [2.05, 4.69) is 13.5 Å². The zero-order valence-corrected chi connectivity index (χ0v) is 19.3. The molecule has 0 fully saturated rings. The Balaban J connectivity index is 2.20. The summed E-state index contributed by atoms with van der Waals surface area (Å²) in [5.74, 6) is 0.165. The molecule has 0 radical (unpaired) electrons. The molecule has 0 atom stereocenters. The van der Waals surface area contributed by atoms with Gasteiger partial charge in [0.2, 0.25) is 0 Å². The molecular formula is C26H32N2O4. The summed E-state index contributed by atoms with van der Waals surface area (Å²) in [6, 6.07) is 7.34. The molecule has 6 nitrogen and oxygen atoms in total. The van der Waals surface area contributed by atoms with Crippen molar-refractivity contribution >= 4 is 17.9 Å². The number of imide groups is 1. The molecule has 1 aliphatic rings. The zero-order chi connectivity index (χ0) is 23.5. The van der Waals surface area contributed by atoms with Gasteiger partial charge in [0.15, 0.2) is 11.5 Å². The largest absolute Gasteiger partial charge is 0.493 e. The molecule has 6 heteroatoms. The van der Waals surface area contributed by atoms with Gasteiger partial charge in [-0.25, -0.2) is 0 Å². The summed E-state index contributed by atoms with van der Waals surface area (Å²) in [5.41, 5.74) is 1.33. The topological polar surface area (TPSA) is 79.6 Å². The fraction of sp³-hybridized carbons (Fsp3) is 0.423. The van der Waals surface area contributed by atoms with E-state index in [-0.39, 0.29) is 12.1 Å². The summed E-state index contributed by atoms with van der Waals surface area (Å²) < 4.78 is 11.4. The molecule has 1 aromatic rings. The minimum absolute atomic E-state index is 0.0384. The maximum atomic E-state index is 12.9. The number of amides is 2. The summed E-state index contributed by atoms with van der Waals surface area (Å²) >= 11 is 0. The van der Waals surface area contributed by atoms with Gasteiger partial charge in [-0.3, -0.25) is 14.5 Å². The van der Waals surface area contributed by atoms with Crippen molar-refractivity contribution in [2.24, 2.45) is 0 Å². The van der Waals surface area contributed by atoms with E-state index >= 15 is 0 Å². The van der Waals surface area contributed by atoms with Crippen LogP contribution >= 0.6 is 0 Å². The van der Waals surface area contributed by atoms with E-state index in [1.165, 1.54) is 31.8 Å². The molecule has 0 unspecified atom stereocenters. The number of hydrogen-bond donors (Lipinski definition) is 0. The number of nitriles is 1. The highest BCUT2D eigenvalue weighted by molar-refractivity contribution is 6.19. The molecular weight excluding hydrogens is 404 g/mol. The van der Waals surface area contributed by atoms with Crippen LogP contribution in [-0.2, 0) is 9.59 Å². The lowest BCUT2D eigenvalue weighted by Crippen LogP contribution is -2.42. The average molecular weight is 437 g/mol. The van der Waals surface area contributed by atoms with Crippen molar-refractivity contribution in [3.63, 3.8) is 0 Å². The molecule has 0 saturated carbocycles. The Bertz CT molecular complexity index is 953. The van der Waals surface area contributed by atoms with Crippen molar-refractivity contribution < 1.29 is 19.1 Å². The molecule has 2 rings (SSSR count). The van der Waals surface area contributed by atoms with Gasteiger partial charge >= 0.3 is 0 Å². The Morgan fingerprint density at radius 1 is 1.09 bits per heavy atom. The van der Waals surface area contributed by atoms with E-state index in [4.69, 9.17) is 9.47 Å². The van der Waals surface area contributed by atoms with E-state index in [1.54, 1.807) is 26.2 Å². The second-order valence-electron chi connectivity index (χ2n) is 7.71. The highest BCUT2D eigenvalue weighted by Gasteiger charge is 2.34. The number of nitrogens with zero attached hydrogens (tertiary/aromatic N) is 2. The van der Waals surface area contributed by atoms with Crippen molar-refractivity contribution in [3.05, 3.63) is 53.1 Å².